The standard InChI is InChI=1S/C13H19ClN4O2/c1-3-11-10(12(14)16(2)15-11)7-17-4-5-18-9(6-17)8-20-13(18)19/h9H,3-8H2,1-2H3. The molecule has 2 saturated heterocycles. The number of piperazine rings is 1. The first-order valence-corrected chi connectivity index (χ1v) is 7.34. The molecule has 3 rings (SSSR count). The predicted octanol–water partition coefficient (Wildman–Crippen LogP) is 1.27. The van der Waals surface area contributed by atoms with Gasteiger partial charge < -0.3 is 4.74 Å². The Morgan fingerprint density at radius 1 is 1.45 bits per heavy atom. The Balaban J connectivity index is 1.72. The van der Waals surface area contributed by atoms with Crippen LogP contribution in [0, 0.1) is 0 Å². The lowest BCUT2D eigenvalue weighted by Gasteiger charge is -2.35. The van der Waals surface area contributed by atoms with E-state index < -0.39 is 0 Å². The molecule has 6 nitrogen and oxygen atoms in total. The van der Waals surface area contributed by atoms with E-state index in [0.717, 1.165) is 43.9 Å². The second kappa shape index (κ2) is 5.26. The Hall–Kier alpha value is -1.27. The molecular weight excluding hydrogens is 280 g/mol. The van der Waals surface area contributed by atoms with Gasteiger partial charge in [-0.1, -0.05) is 18.5 Å². The summed E-state index contributed by atoms with van der Waals surface area (Å²) in [5.74, 6) is 0. The van der Waals surface area contributed by atoms with Gasteiger partial charge in [-0.05, 0) is 6.42 Å². The minimum atomic E-state index is -0.177. The molecule has 1 atom stereocenters. The van der Waals surface area contributed by atoms with E-state index in [2.05, 4.69) is 16.9 Å². The van der Waals surface area contributed by atoms with Gasteiger partial charge in [0.25, 0.3) is 0 Å². The van der Waals surface area contributed by atoms with E-state index in [9.17, 15) is 4.79 Å². The first-order chi connectivity index (χ1) is 9.60. The zero-order valence-electron chi connectivity index (χ0n) is 11.8. The van der Waals surface area contributed by atoms with Crippen LogP contribution in [-0.2, 0) is 24.8 Å². The first-order valence-electron chi connectivity index (χ1n) is 6.96. The first kappa shape index (κ1) is 13.7. The van der Waals surface area contributed by atoms with Gasteiger partial charge in [0.1, 0.15) is 11.8 Å². The highest BCUT2D eigenvalue weighted by molar-refractivity contribution is 6.30. The average Bonchev–Trinajstić information content (AvgIpc) is 2.94. The molecule has 0 aromatic carbocycles. The Kier molecular flexibility index (Phi) is 3.60. The lowest BCUT2D eigenvalue weighted by atomic mass is 10.1. The number of rotatable bonds is 3. The molecule has 2 fully saturated rings. The predicted molar refractivity (Wildman–Crippen MR) is 74.7 cm³/mol. The van der Waals surface area contributed by atoms with Gasteiger partial charge in [-0.3, -0.25) is 14.5 Å². The molecule has 110 valence electrons. The van der Waals surface area contributed by atoms with Gasteiger partial charge in [-0.25, -0.2) is 4.79 Å². The van der Waals surface area contributed by atoms with Crippen LogP contribution in [0.3, 0.4) is 0 Å². The maximum atomic E-state index is 11.5. The van der Waals surface area contributed by atoms with Gasteiger partial charge in [-0.15, -0.1) is 0 Å². The summed E-state index contributed by atoms with van der Waals surface area (Å²) in [6, 6.07) is 0.178. The molecule has 2 aliphatic rings. The number of carbonyl (C=O) groups excluding carboxylic acids is 1. The lowest BCUT2D eigenvalue weighted by Crippen LogP contribution is -2.51. The van der Waals surface area contributed by atoms with E-state index in [-0.39, 0.29) is 12.1 Å². The van der Waals surface area contributed by atoms with Crippen LogP contribution in [0.15, 0.2) is 0 Å². The van der Waals surface area contributed by atoms with Crippen LogP contribution >= 0.6 is 11.6 Å². The van der Waals surface area contributed by atoms with Crippen molar-refractivity contribution in [1.29, 1.82) is 0 Å². The molecule has 1 aromatic rings. The SMILES string of the molecule is CCc1nn(C)c(Cl)c1CN1CCN2C(=O)OCC2C1. The van der Waals surface area contributed by atoms with Crippen molar-refractivity contribution in [2.24, 2.45) is 7.05 Å². The van der Waals surface area contributed by atoms with Crippen LogP contribution in [0.25, 0.3) is 0 Å². The summed E-state index contributed by atoms with van der Waals surface area (Å²) in [5.41, 5.74) is 2.16. The zero-order chi connectivity index (χ0) is 14.3. The molecule has 3 heterocycles. The van der Waals surface area contributed by atoms with Crippen molar-refractivity contribution >= 4 is 17.7 Å². The lowest BCUT2D eigenvalue weighted by molar-refractivity contribution is 0.115. The molecule has 0 aliphatic carbocycles. The minimum Gasteiger partial charge on any atom is -0.447 e. The highest BCUT2D eigenvalue weighted by Crippen LogP contribution is 2.24. The van der Waals surface area contributed by atoms with Crippen molar-refractivity contribution in [3.63, 3.8) is 0 Å². The highest BCUT2D eigenvalue weighted by Gasteiger charge is 2.37. The molecule has 0 radical (unpaired) electrons. The van der Waals surface area contributed by atoms with Gasteiger partial charge in [0.15, 0.2) is 0 Å². The minimum absolute atomic E-state index is 0.177. The largest absolute Gasteiger partial charge is 0.447 e. The van der Waals surface area contributed by atoms with Crippen LogP contribution < -0.4 is 0 Å². The fraction of sp³-hybridized carbons (Fsp3) is 0.692. The van der Waals surface area contributed by atoms with Crippen molar-refractivity contribution in [3.8, 4) is 0 Å². The van der Waals surface area contributed by atoms with Gasteiger partial charge in [0, 0.05) is 38.8 Å². The third kappa shape index (κ3) is 2.27. The monoisotopic (exact) mass is 298 g/mol. The second-order valence-corrected chi connectivity index (χ2v) is 5.71. The molecule has 0 bridgehead atoms. The van der Waals surface area contributed by atoms with E-state index in [1.165, 1.54) is 0 Å². The molecule has 2 aliphatic heterocycles. The summed E-state index contributed by atoms with van der Waals surface area (Å²) in [7, 11) is 1.87. The molecule has 20 heavy (non-hydrogen) atoms. The van der Waals surface area contributed by atoms with E-state index in [1.807, 2.05) is 11.9 Å². The fourth-order valence-corrected chi connectivity index (χ4v) is 3.17. The third-order valence-corrected chi connectivity index (χ3v) is 4.54. The number of halogens is 1. The van der Waals surface area contributed by atoms with Gasteiger partial charge in [0.2, 0.25) is 0 Å². The maximum absolute atomic E-state index is 11.5. The molecule has 0 saturated carbocycles. The molecule has 1 unspecified atom stereocenters. The number of fused-ring (bicyclic) bond motifs is 1. The number of hydrogen-bond acceptors (Lipinski definition) is 4. The van der Waals surface area contributed by atoms with E-state index in [4.69, 9.17) is 16.3 Å². The topological polar surface area (TPSA) is 50.6 Å². The Bertz CT molecular complexity index is 531. The second-order valence-electron chi connectivity index (χ2n) is 5.35. The third-order valence-electron chi connectivity index (χ3n) is 4.07. The normalized spacial score (nSPS) is 23.1. The molecule has 1 aromatic heterocycles. The van der Waals surface area contributed by atoms with Crippen LogP contribution in [0.2, 0.25) is 5.15 Å². The summed E-state index contributed by atoms with van der Waals surface area (Å²) in [5, 5.41) is 5.15. The summed E-state index contributed by atoms with van der Waals surface area (Å²) < 4.78 is 6.82. The fourth-order valence-electron chi connectivity index (χ4n) is 2.96. The van der Waals surface area contributed by atoms with Crippen molar-refractivity contribution in [1.82, 2.24) is 19.6 Å². The van der Waals surface area contributed by atoms with Crippen LogP contribution in [0.5, 0.6) is 0 Å². The van der Waals surface area contributed by atoms with E-state index in [0.29, 0.717) is 11.8 Å². The van der Waals surface area contributed by atoms with Crippen molar-refractivity contribution in [2.75, 3.05) is 26.2 Å². The number of cyclic esters (lactones) is 1. The van der Waals surface area contributed by atoms with Gasteiger partial charge in [0.05, 0.1) is 11.7 Å². The van der Waals surface area contributed by atoms with Crippen LogP contribution in [0.4, 0.5) is 4.79 Å². The van der Waals surface area contributed by atoms with Gasteiger partial charge in [-0.2, -0.15) is 5.10 Å². The van der Waals surface area contributed by atoms with E-state index in [1.54, 1.807) is 4.68 Å². The number of nitrogens with zero attached hydrogens (tertiary/aromatic N) is 4. The Morgan fingerprint density at radius 3 is 3.00 bits per heavy atom. The molecule has 0 N–H and O–H groups in total. The average molecular weight is 299 g/mol. The quantitative estimate of drug-likeness (QED) is 0.843. The maximum Gasteiger partial charge on any atom is 0.410 e. The summed E-state index contributed by atoms with van der Waals surface area (Å²) in [6.45, 7) is 5.78. The Morgan fingerprint density at radius 2 is 2.25 bits per heavy atom. The summed E-state index contributed by atoms with van der Waals surface area (Å²) in [4.78, 5) is 15.6. The number of aryl methyl sites for hydroxylation is 2. The van der Waals surface area contributed by atoms with E-state index >= 15 is 0 Å². The van der Waals surface area contributed by atoms with Gasteiger partial charge >= 0.3 is 6.09 Å². The van der Waals surface area contributed by atoms with Crippen LogP contribution in [0.1, 0.15) is 18.2 Å². The molecule has 0 spiro atoms. The molecular formula is C13H19ClN4O2. The number of hydrogen-bond donors (Lipinski definition) is 0. The van der Waals surface area contributed by atoms with Crippen LogP contribution in [-0.4, -0.2) is 58.0 Å². The van der Waals surface area contributed by atoms with Crippen molar-refractivity contribution in [3.05, 3.63) is 16.4 Å². The summed E-state index contributed by atoms with van der Waals surface area (Å²) in [6.07, 6.45) is 0.698. The van der Waals surface area contributed by atoms with Crippen molar-refractivity contribution < 1.29 is 9.53 Å². The number of carbonyl (C=O) groups is 1. The number of aromatic nitrogens is 2. The number of amides is 1. The molecule has 1 amide bonds. The summed E-state index contributed by atoms with van der Waals surface area (Å²) >= 11 is 6.33. The highest BCUT2D eigenvalue weighted by atomic mass is 35.5. The van der Waals surface area contributed by atoms with Crippen molar-refractivity contribution in [2.45, 2.75) is 25.9 Å². The zero-order valence-corrected chi connectivity index (χ0v) is 12.6. The Labute approximate surface area is 123 Å². The smallest absolute Gasteiger partial charge is 0.410 e. The number of ether oxygens (including phenoxy) is 1. The molecule has 7 heteroatoms.